The van der Waals surface area contributed by atoms with E-state index in [0.29, 0.717) is 23.2 Å². The van der Waals surface area contributed by atoms with E-state index in [4.69, 9.17) is 4.74 Å². The highest BCUT2D eigenvalue weighted by Gasteiger charge is 2.10. The Morgan fingerprint density at radius 3 is 2.52 bits per heavy atom. The maximum Gasteiger partial charge on any atom is 0.257 e. The van der Waals surface area contributed by atoms with E-state index in [9.17, 15) is 4.79 Å². The van der Waals surface area contributed by atoms with E-state index in [-0.39, 0.29) is 5.91 Å². The molecule has 0 bridgehead atoms. The topological polar surface area (TPSA) is 51.2 Å². The smallest absolute Gasteiger partial charge is 0.257 e. The summed E-state index contributed by atoms with van der Waals surface area (Å²) in [7, 11) is 0. The minimum absolute atomic E-state index is 0.154. The zero-order valence-electron chi connectivity index (χ0n) is 14.2. The van der Waals surface area contributed by atoms with Gasteiger partial charge in [-0.3, -0.25) is 10.1 Å². The summed E-state index contributed by atoms with van der Waals surface area (Å²) >= 11 is 1.45. The van der Waals surface area contributed by atoms with Gasteiger partial charge in [-0.1, -0.05) is 43.4 Å². The number of carbonyl (C=O) groups is 1. The van der Waals surface area contributed by atoms with Crippen LogP contribution in [0.4, 0.5) is 5.13 Å². The Morgan fingerprint density at radius 2 is 1.84 bits per heavy atom. The first-order chi connectivity index (χ1) is 12.1. The molecule has 0 aliphatic carbocycles. The standard InChI is InChI=1S/C20H20N2O2S/c1-14(2)13-24-17-10-8-15(9-11-17)18-12-21-20(25-18)22-19(23)16-6-4-3-5-7-16/h3-12,14H,13H2,1-2H3,(H,21,22,23). The molecule has 0 saturated heterocycles. The molecule has 0 aliphatic heterocycles. The van der Waals surface area contributed by atoms with Gasteiger partial charge in [-0.05, 0) is 47.9 Å². The molecule has 0 atom stereocenters. The summed E-state index contributed by atoms with van der Waals surface area (Å²) in [6, 6.07) is 17.0. The average molecular weight is 352 g/mol. The van der Waals surface area contributed by atoms with Gasteiger partial charge < -0.3 is 4.74 Å². The van der Waals surface area contributed by atoms with Crippen molar-refractivity contribution in [1.29, 1.82) is 0 Å². The minimum atomic E-state index is -0.154. The van der Waals surface area contributed by atoms with Crippen LogP contribution in [0.25, 0.3) is 10.4 Å². The number of ether oxygens (including phenoxy) is 1. The number of rotatable bonds is 6. The van der Waals surface area contributed by atoms with Crippen LogP contribution in [-0.4, -0.2) is 17.5 Å². The SMILES string of the molecule is CC(C)COc1ccc(-c2cnc(NC(=O)c3ccccc3)s2)cc1. The van der Waals surface area contributed by atoms with E-state index in [1.807, 2.05) is 42.5 Å². The molecule has 1 aromatic heterocycles. The number of nitrogens with zero attached hydrogens (tertiary/aromatic N) is 1. The lowest BCUT2D eigenvalue weighted by atomic mass is 10.2. The minimum Gasteiger partial charge on any atom is -0.493 e. The fourth-order valence-electron chi connectivity index (χ4n) is 2.20. The van der Waals surface area contributed by atoms with Crippen molar-refractivity contribution in [2.24, 2.45) is 5.92 Å². The highest BCUT2D eigenvalue weighted by Crippen LogP contribution is 2.30. The summed E-state index contributed by atoms with van der Waals surface area (Å²) < 4.78 is 5.70. The Morgan fingerprint density at radius 1 is 1.12 bits per heavy atom. The fraction of sp³-hybridized carbons (Fsp3) is 0.200. The number of thiazole rings is 1. The predicted octanol–water partition coefficient (Wildman–Crippen LogP) is 5.10. The molecule has 1 heterocycles. The third-order valence-electron chi connectivity index (χ3n) is 3.48. The van der Waals surface area contributed by atoms with Crippen LogP contribution in [0, 0.1) is 5.92 Å². The molecule has 0 radical (unpaired) electrons. The molecule has 5 heteroatoms. The fourth-order valence-corrected chi connectivity index (χ4v) is 3.02. The first kappa shape index (κ1) is 17.2. The lowest BCUT2D eigenvalue weighted by Gasteiger charge is -2.08. The number of hydrogen-bond acceptors (Lipinski definition) is 4. The van der Waals surface area contributed by atoms with Crippen molar-refractivity contribution in [1.82, 2.24) is 4.98 Å². The largest absolute Gasteiger partial charge is 0.493 e. The Labute approximate surface area is 151 Å². The van der Waals surface area contributed by atoms with Crippen molar-refractivity contribution >= 4 is 22.4 Å². The van der Waals surface area contributed by atoms with Crippen LogP contribution in [0.3, 0.4) is 0 Å². The van der Waals surface area contributed by atoms with Crippen molar-refractivity contribution in [3.63, 3.8) is 0 Å². The molecule has 3 rings (SSSR count). The maximum atomic E-state index is 12.2. The van der Waals surface area contributed by atoms with Crippen LogP contribution < -0.4 is 10.1 Å². The zero-order chi connectivity index (χ0) is 17.6. The molecule has 0 spiro atoms. The lowest BCUT2D eigenvalue weighted by Crippen LogP contribution is -2.11. The average Bonchev–Trinajstić information content (AvgIpc) is 3.09. The van der Waals surface area contributed by atoms with Gasteiger partial charge in [0, 0.05) is 11.8 Å². The highest BCUT2D eigenvalue weighted by atomic mass is 32.1. The number of benzene rings is 2. The Hall–Kier alpha value is -2.66. The maximum absolute atomic E-state index is 12.2. The molecule has 0 aliphatic rings. The van der Waals surface area contributed by atoms with E-state index >= 15 is 0 Å². The van der Waals surface area contributed by atoms with Gasteiger partial charge in [0.05, 0.1) is 11.5 Å². The number of anilines is 1. The summed E-state index contributed by atoms with van der Waals surface area (Å²) in [6.07, 6.45) is 1.77. The van der Waals surface area contributed by atoms with Gasteiger partial charge in [0.15, 0.2) is 5.13 Å². The molecule has 3 aromatic rings. The summed E-state index contributed by atoms with van der Waals surface area (Å²) in [6.45, 7) is 4.95. The van der Waals surface area contributed by atoms with E-state index in [1.54, 1.807) is 18.3 Å². The summed E-state index contributed by atoms with van der Waals surface area (Å²) in [5.74, 6) is 1.20. The van der Waals surface area contributed by atoms with E-state index in [0.717, 1.165) is 16.2 Å². The van der Waals surface area contributed by atoms with Gasteiger partial charge in [-0.2, -0.15) is 0 Å². The molecule has 4 nitrogen and oxygen atoms in total. The van der Waals surface area contributed by atoms with Crippen LogP contribution in [0.15, 0.2) is 60.8 Å². The monoisotopic (exact) mass is 352 g/mol. The van der Waals surface area contributed by atoms with Crippen molar-refractivity contribution in [3.8, 4) is 16.2 Å². The third kappa shape index (κ3) is 4.67. The van der Waals surface area contributed by atoms with Crippen molar-refractivity contribution in [2.75, 3.05) is 11.9 Å². The normalized spacial score (nSPS) is 10.7. The highest BCUT2D eigenvalue weighted by molar-refractivity contribution is 7.19. The van der Waals surface area contributed by atoms with Gasteiger partial charge in [0.2, 0.25) is 0 Å². The molecule has 128 valence electrons. The van der Waals surface area contributed by atoms with Crippen LogP contribution in [0.1, 0.15) is 24.2 Å². The molecule has 0 fully saturated rings. The summed E-state index contributed by atoms with van der Waals surface area (Å²) in [4.78, 5) is 17.5. The molecular weight excluding hydrogens is 332 g/mol. The van der Waals surface area contributed by atoms with Gasteiger partial charge in [-0.25, -0.2) is 4.98 Å². The second-order valence-electron chi connectivity index (χ2n) is 6.08. The number of nitrogens with one attached hydrogen (secondary N) is 1. The molecule has 0 saturated carbocycles. The van der Waals surface area contributed by atoms with E-state index in [2.05, 4.69) is 24.1 Å². The van der Waals surface area contributed by atoms with Gasteiger partial charge >= 0.3 is 0 Å². The van der Waals surface area contributed by atoms with Crippen LogP contribution in [0.2, 0.25) is 0 Å². The van der Waals surface area contributed by atoms with Crippen molar-refractivity contribution in [3.05, 3.63) is 66.4 Å². The second kappa shape index (κ2) is 7.94. The number of hydrogen-bond donors (Lipinski definition) is 1. The molecular formula is C20H20N2O2S. The molecule has 1 N–H and O–H groups in total. The molecule has 25 heavy (non-hydrogen) atoms. The predicted molar refractivity (Wildman–Crippen MR) is 102 cm³/mol. The van der Waals surface area contributed by atoms with Crippen LogP contribution in [0.5, 0.6) is 5.75 Å². The number of aromatic nitrogens is 1. The second-order valence-corrected chi connectivity index (χ2v) is 7.11. The van der Waals surface area contributed by atoms with Crippen LogP contribution >= 0.6 is 11.3 Å². The van der Waals surface area contributed by atoms with Gasteiger partial charge in [-0.15, -0.1) is 0 Å². The molecule has 1 amide bonds. The Bertz CT molecular complexity index is 826. The summed E-state index contributed by atoms with van der Waals surface area (Å²) in [5.41, 5.74) is 1.67. The first-order valence-corrected chi connectivity index (χ1v) is 8.99. The van der Waals surface area contributed by atoms with Crippen molar-refractivity contribution < 1.29 is 9.53 Å². The third-order valence-corrected chi connectivity index (χ3v) is 4.45. The molecule has 2 aromatic carbocycles. The van der Waals surface area contributed by atoms with Gasteiger partial charge in [0.1, 0.15) is 5.75 Å². The first-order valence-electron chi connectivity index (χ1n) is 8.17. The van der Waals surface area contributed by atoms with Gasteiger partial charge in [0.25, 0.3) is 5.91 Å². The van der Waals surface area contributed by atoms with Crippen LogP contribution in [-0.2, 0) is 0 Å². The Balaban J connectivity index is 1.66. The number of carbonyl (C=O) groups excluding carboxylic acids is 1. The number of amides is 1. The van der Waals surface area contributed by atoms with E-state index < -0.39 is 0 Å². The zero-order valence-corrected chi connectivity index (χ0v) is 15.0. The van der Waals surface area contributed by atoms with E-state index in [1.165, 1.54) is 11.3 Å². The quantitative estimate of drug-likeness (QED) is 0.672. The Kier molecular flexibility index (Phi) is 5.46. The van der Waals surface area contributed by atoms with Crippen molar-refractivity contribution in [2.45, 2.75) is 13.8 Å². The molecule has 0 unspecified atom stereocenters. The lowest BCUT2D eigenvalue weighted by molar-refractivity contribution is 0.102. The summed E-state index contributed by atoms with van der Waals surface area (Å²) in [5, 5.41) is 3.42.